The van der Waals surface area contributed by atoms with Gasteiger partial charge in [0, 0.05) is 10.5 Å². The number of rotatable bonds is 4. The molecule has 0 unspecified atom stereocenters. The summed E-state index contributed by atoms with van der Waals surface area (Å²) in [5, 5.41) is -0.186. The first-order valence-corrected chi connectivity index (χ1v) is 9.03. The fourth-order valence-corrected chi connectivity index (χ4v) is 7.79. The van der Waals surface area contributed by atoms with Crippen molar-refractivity contribution in [3.05, 3.63) is 8.85 Å². The van der Waals surface area contributed by atoms with E-state index in [0.29, 0.717) is 0 Å². The molecule has 0 spiro atoms. The van der Waals surface area contributed by atoms with Crippen molar-refractivity contribution in [2.45, 2.75) is 31.8 Å². The molecule has 110 valence electrons. The average Bonchev–Trinajstić information content (AvgIpc) is 2.77. The molecule has 0 aliphatic carbocycles. The molecule has 0 amide bonds. The maximum absolute atomic E-state index is 11.5. The van der Waals surface area contributed by atoms with E-state index in [1.165, 1.54) is 60.4 Å². The van der Waals surface area contributed by atoms with Crippen LogP contribution in [-0.4, -0.2) is 36.7 Å². The fourth-order valence-electron chi connectivity index (χ4n) is 1.67. The van der Waals surface area contributed by atoms with Gasteiger partial charge in [-0.05, 0) is 0 Å². The minimum Gasteiger partial charge on any atom is -0.469 e. The average molecular weight is 352 g/mol. The number of ether oxygens (including phenoxy) is 2. The van der Waals surface area contributed by atoms with Crippen molar-refractivity contribution in [2.75, 3.05) is 14.2 Å². The molecule has 0 saturated carbocycles. The van der Waals surface area contributed by atoms with Crippen LogP contribution in [0.5, 0.6) is 0 Å². The van der Waals surface area contributed by atoms with Crippen molar-refractivity contribution in [2.24, 2.45) is 0 Å². The second-order valence-electron chi connectivity index (χ2n) is 3.90. The van der Waals surface area contributed by atoms with E-state index in [1.54, 1.807) is 0 Å². The van der Waals surface area contributed by atoms with Crippen LogP contribution < -0.4 is 4.06 Å². The van der Waals surface area contributed by atoms with E-state index < -0.39 is 0 Å². The predicted octanol–water partition coefficient (Wildman–Crippen LogP) is 2.23. The Bertz CT molecular complexity index is 517. The van der Waals surface area contributed by atoms with Gasteiger partial charge in [0.15, 0.2) is 0 Å². The molecular weight excluding hydrogens is 340 g/mol. The van der Waals surface area contributed by atoms with E-state index in [9.17, 15) is 14.4 Å². The first-order chi connectivity index (χ1) is 9.53. The highest BCUT2D eigenvalue weighted by Gasteiger charge is 2.35. The zero-order valence-corrected chi connectivity index (χ0v) is 14.0. The standard InChI is InChI=1S/C11H12O5S4/c1-15-7(12)3-5-6(4-8(13)16-2)18-10-9(17-5)19-11(14)20-10/h5-6H,3-4H2,1-2H3/t5-,6-/m1/s1. The van der Waals surface area contributed by atoms with Crippen LogP contribution in [0.2, 0.25) is 0 Å². The van der Waals surface area contributed by atoms with E-state index in [2.05, 4.69) is 0 Å². The Labute approximate surface area is 132 Å². The molecule has 1 aliphatic heterocycles. The summed E-state index contributed by atoms with van der Waals surface area (Å²) < 4.78 is 11.3. The molecule has 9 heteroatoms. The first kappa shape index (κ1) is 15.9. The van der Waals surface area contributed by atoms with Crippen LogP contribution in [0, 0.1) is 0 Å². The Morgan fingerprint density at radius 1 is 0.950 bits per heavy atom. The van der Waals surface area contributed by atoms with Gasteiger partial charge >= 0.3 is 11.9 Å². The van der Waals surface area contributed by atoms with Gasteiger partial charge in [-0.25, -0.2) is 0 Å². The Hall–Kier alpha value is -0.510. The third-order valence-corrected chi connectivity index (χ3v) is 8.45. The lowest BCUT2D eigenvalue weighted by Crippen LogP contribution is -2.28. The van der Waals surface area contributed by atoms with E-state index in [4.69, 9.17) is 9.47 Å². The Morgan fingerprint density at radius 3 is 1.70 bits per heavy atom. The number of fused-ring (bicyclic) bond motifs is 1. The van der Waals surface area contributed by atoms with Crippen molar-refractivity contribution >= 4 is 58.1 Å². The summed E-state index contributed by atoms with van der Waals surface area (Å²) in [6.45, 7) is 0. The van der Waals surface area contributed by atoms with Crippen molar-refractivity contribution in [3.63, 3.8) is 0 Å². The SMILES string of the molecule is COC(=O)C[C@H]1Sc2sc(=O)sc2S[C@@H]1CC(=O)OC. The summed E-state index contributed by atoms with van der Waals surface area (Å²) in [5.74, 6) is -0.631. The molecular formula is C11H12O5S4. The molecule has 20 heavy (non-hydrogen) atoms. The Morgan fingerprint density at radius 2 is 1.35 bits per heavy atom. The smallest absolute Gasteiger partial charge is 0.306 e. The van der Waals surface area contributed by atoms with Gasteiger partial charge in [0.05, 0.1) is 35.5 Å². The molecule has 2 heterocycles. The topological polar surface area (TPSA) is 69.7 Å². The maximum Gasteiger partial charge on any atom is 0.306 e. The molecule has 1 aliphatic rings. The monoisotopic (exact) mass is 352 g/mol. The minimum absolute atomic E-state index is 0.0329. The number of carbonyl (C=O) groups excluding carboxylic acids is 2. The molecule has 0 radical (unpaired) electrons. The molecule has 0 fully saturated rings. The number of thioether (sulfide) groups is 2. The van der Waals surface area contributed by atoms with E-state index in [-0.39, 0.29) is 39.3 Å². The van der Waals surface area contributed by atoms with Crippen LogP contribution in [0.25, 0.3) is 0 Å². The number of esters is 2. The summed E-state index contributed by atoms with van der Waals surface area (Å²) >= 11 is 5.35. The van der Waals surface area contributed by atoms with Gasteiger partial charge < -0.3 is 9.47 Å². The molecule has 0 bridgehead atoms. The van der Waals surface area contributed by atoms with Gasteiger partial charge in [0.1, 0.15) is 0 Å². The highest BCUT2D eigenvalue weighted by molar-refractivity contribution is 8.09. The van der Waals surface area contributed by atoms with Gasteiger partial charge in [-0.3, -0.25) is 14.4 Å². The maximum atomic E-state index is 11.5. The minimum atomic E-state index is -0.316. The van der Waals surface area contributed by atoms with Gasteiger partial charge in [-0.1, -0.05) is 22.7 Å². The molecule has 2 rings (SSSR count). The molecule has 0 N–H and O–H groups in total. The van der Waals surface area contributed by atoms with E-state index >= 15 is 0 Å². The Balaban J connectivity index is 2.18. The Kier molecular flexibility index (Phi) is 5.53. The predicted molar refractivity (Wildman–Crippen MR) is 81.0 cm³/mol. The lowest BCUT2D eigenvalue weighted by molar-refractivity contribution is -0.142. The molecule has 0 aromatic carbocycles. The number of methoxy groups -OCH3 is 2. The van der Waals surface area contributed by atoms with Gasteiger partial charge in [0.2, 0.25) is 0 Å². The zero-order valence-electron chi connectivity index (χ0n) is 10.7. The summed E-state index contributed by atoms with van der Waals surface area (Å²) in [6.07, 6.45) is 0.429. The van der Waals surface area contributed by atoms with Crippen LogP contribution >= 0.6 is 46.2 Å². The summed E-state index contributed by atoms with van der Waals surface area (Å²) in [6, 6.07) is 0. The first-order valence-electron chi connectivity index (χ1n) is 5.64. The molecule has 0 saturated heterocycles. The quantitative estimate of drug-likeness (QED) is 0.770. The number of hydrogen-bond donors (Lipinski definition) is 0. The molecule has 1 aromatic heterocycles. The fraction of sp³-hybridized carbons (Fsp3) is 0.545. The van der Waals surface area contributed by atoms with Crippen LogP contribution in [0.1, 0.15) is 12.8 Å². The van der Waals surface area contributed by atoms with Crippen LogP contribution in [0.4, 0.5) is 0 Å². The molecule has 5 nitrogen and oxygen atoms in total. The zero-order chi connectivity index (χ0) is 14.7. The third kappa shape index (κ3) is 3.78. The van der Waals surface area contributed by atoms with E-state index in [1.807, 2.05) is 0 Å². The molecule has 2 atom stereocenters. The largest absolute Gasteiger partial charge is 0.469 e. The third-order valence-electron chi connectivity index (χ3n) is 2.64. The summed E-state index contributed by atoms with van der Waals surface area (Å²) in [5.41, 5.74) is 0. The second kappa shape index (κ2) is 6.97. The van der Waals surface area contributed by atoms with Crippen LogP contribution in [0.15, 0.2) is 13.2 Å². The van der Waals surface area contributed by atoms with Crippen LogP contribution in [-0.2, 0) is 19.1 Å². The summed E-state index contributed by atoms with van der Waals surface area (Å²) in [7, 11) is 2.68. The van der Waals surface area contributed by atoms with Gasteiger partial charge in [0.25, 0.3) is 4.06 Å². The second-order valence-corrected chi connectivity index (χ2v) is 9.14. The van der Waals surface area contributed by atoms with Crippen LogP contribution in [0.3, 0.4) is 0 Å². The van der Waals surface area contributed by atoms with Crippen molar-refractivity contribution in [3.8, 4) is 0 Å². The van der Waals surface area contributed by atoms with Crippen molar-refractivity contribution in [1.29, 1.82) is 0 Å². The normalized spacial score (nSPS) is 21.1. The van der Waals surface area contributed by atoms with Crippen molar-refractivity contribution < 1.29 is 19.1 Å². The lowest BCUT2D eigenvalue weighted by atomic mass is 10.2. The summed E-state index contributed by atoms with van der Waals surface area (Å²) in [4.78, 5) is 34.4. The van der Waals surface area contributed by atoms with Gasteiger partial charge in [-0.15, -0.1) is 23.5 Å². The highest BCUT2D eigenvalue weighted by Crippen LogP contribution is 2.50. The number of hydrogen-bond acceptors (Lipinski definition) is 9. The highest BCUT2D eigenvalue weighted by atomic mass is 32.2. The molecule has 1 aromatic rings. The van der Waals surface area contributed by atoms with Crippen molar-refractivity contribution in [1.82, 2.24) is 0 Å². The van der Waals surface area contributed by atoms with Gasteiger partial charge in [-0.2, -0.15) is 0 Å². The van der Waals surface area contributed by atoms with E-state index in [0.717, 1.165) is 8.42 Å². The number of carbonyl (C=O) groups is 2. The lowest BCUT2D eigenvalue weighted by Gasteiger charge is -2.28.